The molecule has 0 spiro atoms. The number of benzene rings is 1. The third kappa shape index (κ3) is 3.87. The van der Waals surface area contributed by atoms with Gasteiger partial charge in [0.2, 0.25) is 5.91 Å². The Kier molecular flexibility index (Phi) is 5.42. The van der Waals surface area contributed by atoms with E-state index in [-0.39, 0.29) is 12.3 Å². The van der Waals surface area contributed by atoms with Crippen LogP contribution in [0.3, 0.4) is 0 Å². The zero-order chi connectivity index (χ0) is 17.9. The number of amides is 1. The molecule has 1 N–H and O–H groups in total. The van der Waals surface area contributed by atoms with Crippen molar-refractivity contribution in [3.05, 3.63) is 29.8 Å². The first-order valence-corrected chi connectivity index (χ1v) is 9.32. The van der Waals surface area contributed by atoms with Crippen molar-refractivity contribution in [1.82, 2.24) is 4.90 Å². The van der Waals surface area contributed by atoms with Crippen LogP contribution in [0.15, 0.2) is 24.3 Å². The molecule has 0 radical (unpaired) electrons. The van der Waals surface area contributed by atoms with Crippen LogP contribution in [0, 0.1) is 5.41 Å². The molecule has 1 aromatic rings. The predicted molar refractivity (Wildman–Crippen MR) is 97.8 cm³/mol. The fourth-order valence-electron chi connectivity index (χ4n) is 4.17. The number of hydrogen-bond donors (Lipinski definition) is 1. The van der Waals surface area contributed by atoms with Crippen molar-refractivity contribution in [1.29, 1.82) is 0 Å². The molecule has 5 heteroatoms. The fourth-order valence-corrected chi connectivity index (χ4v) is 4.17. The average molecular weight is 344 g/mol. The van der Waals surface area contributed by atoms with Crippen LogP contribution >= 0.6 is 0 Å². The largest absolute Gasteiger partial charge is 0.481 e. The van der Waals surface area contributed by atoms with E-state index in [0.29, 0.717) is 19.4 Å². The Morgan fingerprint density at radius 1 is 1.08 bits per heavy atom. The number of carbonyl (C=O) groups is 2. The number of carboxylic acid groups (broad SMARTS) is 1. The lowest BCUT2D eigenvalue weighted by molar-refractivity contribution is -0.146. The van der Waals surface area contributed by atoms with Crippen LogP contribution in [0.1, 0.15) is 44.1 Å². The topological polar surface area (TPSA) is 60.9 Å². The minimum Gasteiger partial charge on any atom is -0.481 e. The molecular weight excluding hydrogens is 316 g/mol. The van der Waals surface area contributed by atoms with Crippen LogP contribution in [-0.2, 0) is 16.0 Å². The standard InChI is InChI=1S/C20H28N2O3/c1-21-13-10-20(11-14-21,15-18(23)24)19(25)22-12-6-2-3-7-16-8-4-5-9-17(16)22/h4-5,8-9H,2-3,6-7,10-15H2,1H3,(H,23,24). The van der Waals surface area contributed by atoms with Crippen molar-refractivity contribution in [3.63, 3.8) is 0 Å². The molecular formula is C20H28N2O3. The lowest BCUT2D eigenvalue weighted by Gasteiger charge is -2.42. The second-order valence-electron chi connectivity index (χ2n) is 7.55. The number of aliphatic carboxylic acids is 1. The summed E-state index contributed by atoms with van der Waals surface area (Å²) in [5.41, 5.74) is 1.41. The molecule has 5 nitrogen and oxygen atoms in total. The number of piperidine rings is 1. The number of anilines is 1. The Bertz CT molecular complexity index is 636. The monoisotopic (exact) mass is 344 g/mol. The van der Waals surface area contributed by atoms with Crippen molar-refractivity contribution in [2.24, 2.45) is 5.41 Å². The highest BCUT2D eigenvalue weighted by Gasteiger charge is 2.45. The van der Waals surface area contributed by atoms with Gasteiger partial charge in [-0.2, -0.15) is 0 Å². The van der Waals surface area contributed by atoms with Gasteiger partial charge in [-0.15, -0.1) is 0 Å². The lowest BCUT2D eigenvalue weighted by Crippen LogP contribution is -2.51. The van der Waals surface area contributed by atoms with Crippen LogP contribution < -0.4 is 4.90 Å². The van der Waals surface area contributed by atoms with Gasteiger partial charge in [0.1, 0.15) is 0 Å². The number of fused-ring (bicyclic) bond motifs is 1. The maximum Gasteiger partial charge on any atom is 0.304 e. The number of likely N-dealkylation sites (tertiary alicyclic amines) is 1. The minimum atomic E-state index is -0.877. The van der Waals surface area contributed by atoms with Gasteiger partial charge < -0.3 is 14.9 Å². The predicted octanol–water partition coefficient (Wildman–Crippen LogP) is 2.93. The number of rotatable bonds is 3. The summed E-state index contributed by atoms with van der Waals surface area (Å²) in [5.74, 6) is -0.865. The third-order valence-corrected chi connectivity index (χ3v) is 5.74. The van der Waals surface area contributed by atoms with Crippen LogP contribution in [0.5, 0.6) is 0 Å². The molecule has 1 saturated heterocycles. The first-order valence-electron chi connectivity index (χ1n) is 9.32. The quantitative estimate of drug-likeness (QED) is 0.916. The molecule has 2 aliphatic rings. The first kappa shape index (κ1) is 17.9. The van der Waals surface area contributed by atoms with Gasteiger partial charge in [-0.25, -0.2) is 0 Å². The van der Waals surface area contributed by atoms with E-state index < -0.39 is 11.4 Å². The molecule has 2 aliphatic heterocycles. The van der Waals surface area contributed by atoms with Crippen molar-refractivity contribution in [2.45, 2.75) is 44.9 Å². The molecule has 0 unspecified atom stereocenters. The highest BCUT2D eigenvalue weighted by Crippen LogP contribution is 2.39. The molecule has 1 aromatic carbocycles. The molecule has 25 heavy (non-hydrogen) atoms. The Labute approximate surface area is 149 Å². The molecule has 0 aliphatic carbocycles. The summed E-state index contributed by atoms with van der Waals surface area (Å²) in [6.07, 6.45) is 5.37. The van der Waals surface area contributed by atoms with Gasteiger partial charge in [-0.05, 0) is 63.9 Å². The van der Waals surface area contributed by atoms with Crippen molar-refractivity contribution in [3.8, 4) is 0 Å². The molecule has 136 valence electrons. The molecule has 3 rings (SSSR count). The summed E-state index contributed by atoms with van der Waals surface area (Å²) >= 11 is 0. The van der Waals surface area contributed by atoms with Gasteiger partial charge in [-0.1, -0.05) is 24.6 Å². The highest BCUT2D eigenvalue weighted by atomic mass is 16.4. The zero-order valence-corrected chi connectivity index (χ0v) is 15.0. The van der Waals surface area contributed by atoms with E-state index in [1.807, 2.05) is 30.1 Å². The van der Waals surface area contributed by atoms with E-state index in [1.165, 1.54) is 5.56 Å². The first-order chi connectivity index (χ1) is 12.0. The summed E-state index contributed by atoms with van der Waals surface area (Å²) in [5, 5.41) is 9.46. The highest BCUT2D eigenvalue weighted by molar-refractivity contribution is 6.00. The van der Waals surface area contributed by atoms with Crippen molar-refractivity contribution in [2.75, 3.05) is 31.6 Å². The van der Waals surface area contributed by atoms with E-state index in [4.69, 9.17) is 0 Å². The molecule has 0 bridgehead atoms. The van der Waals surface area contributed by atoms with Gasteiger partial charge in [0.05, 0.1) is 11.8 Å². The third-order valence-electron chi connectivity index (χ3n) is 5.74. The minimum absolute atomic E-state index is 0.0114. The van der Waals surface area contributed by atoms with Crippen LogP contribution in [0.4, 0.5) is 5.69 Å². The van der Waals surface area contributed by atoms with Crippen LogP contribution in [0.2, 0.25) is 0 Å². The van der Waals surface area contributed by atoms with Crippen molar-refractivity contribution < 1.29 is 14.7 Å². The molecule has 1 amide bonds. The maximum atomic E-state index is 13.6. The molecule has 2 heterocycles. The summed E-state index contributed by atoms with van der Waals surface area (Å²) in [7, 11) is 2.03. The number of para-hydroxylation sites is 1. The lowest BCUT2D eigenvalue weighted by atomic mass is 9.74. The smallest absolute Gasteiger partial charge is 0.304 e. The number of nitrogens with zero attached hydrogens (tertiary/aromatic N) is 2. The van der Waals surface area contributed by atoms with Crippen LogP contribution in [-0.4, -0.2) is 48.6 Å². The molecule has 1 fully saturated rings. The second-order valence-corrected chi connectivity index (χ2v) is 7.55. The summed E-state index contributed by atoms with van der Waals surface area (Å²) < 4.78 is 0. The van der Waals surface area contributed by atoms with E-state index in [9.17, 15) is 14.7 Å². The summed E-state index contributed by atoms with van der Waals surface area (Å²) in [6.45, 7) is 2.23. The second kappa shape index (κ2) is 7.56. The van der Waals surface area contributed by atoms with Gasteiger partial charge in [0, 0.05) is 12.2 Å². The van der Waals surface area contributed by atoms with Gasteiger partial charge >= 0.3 is 5.97 Å². The Balaban J connectivity index is 1.95. The molecule has 0 aromatic heterocycles. The van der Waals surface area contributed by atoms with E-state index in [0.717, 1.165) is 44.5 Å². The van der Waals surface area contributed by atoms with E-state index in [2.05, 4.69) is 11.0 Å². The maximum absolute atomic E-state index is 13.6. The Morgan fingerprint density at radius 3 is 2.52 bits per heavy atom. The Hall–Kier alpha value is -1.88. The van der Waals surface area contributed by atoms with E-state index >= 15 is 0 Å². The number of hydrogen-bond acceptors (Lipinski definition) is 3. The van der Waals surface area contributed by atoms with Gasteiger partial charge in [-0.3, -0.25) is 9.59 Å². The zero-order valence-electron chi connectivity index (χ0n) is 15.0. The number of carbonyl (C=O) groups excluding carboxylic acids is 1. The SMILES string of the molecule is CN1CCC(CC(=O)O)(C(=O)N2CCCCCc3ccccc32)CC1. The van der Waals surface area contributed by atoms with Crippen LogP contribution in [0.25, 0.3) is 0 Å². The number of aryl methyl sites for hydroxylation is 1. The summed E-state index contributed by atoms with van der Waals surface area (Å²) in [6, 6.07) is 8.10. The van der Waals surface area contributed by atoms with Gasteiger partial charge in [0.25, 0.3) is 0 Å². The normalized spacial score (nSPS) is 21.1. The number of carboxylic acids is 1. The molecule has 0 saturated carbocycles. The fraction of sp³-hybridized carbons (Fsp3) is 0.600. The average Bonchev–Trinajstić information content (AvgIpc) is 2.57. The summed E-state index contributed by atoms with van der Waals surface area (Å²) in [4.78, 5) is 29.2. The Morgan fingerprint density at radius 2 is 1.80 bits per heavy atom. The van der Waals surface area contributed by atoms with E-state index in [1.54, 1.807) is 0 Å². The van der Waals surface area contributed by atoms with Crippen molar-refractivity contribution >= 4 is 17.6 Å². The van der Waals surface area contributed by atoms with Gasteiger partial charge in [0.15, 0.2) is 0 Å². The molecule has 0 atom stereocenters.